The van der Waals surface area contributed by atoms with Gasteiger partial charge in [-0.2, -0.15) is 0 Å². The monoisotopic (exact) mass is 270 g/mol. The maximum Gasteiger partial charge on any atom is 0.226 e. The molecule has 6 heteroatoms. The molecule has 1 aromatic rings. The number of rotatable bonds is 5. The molecule has 1 N–H and O–H groups in total. The number of carbonyl (C=O) groups excluding carboxylic acids is 1. The number of nitrogens with one attached hydrogen (secondary N) is 1. The van der Waals surface area contributed by atoms with Gasteiger partial charge in [0.25, 0.3) is 0 Å². The Balaban J connectivity index is 1.83. The van der Waals surface area contributed by atoms with Crippen molar-refractivity contribution in [3.8, 4) is 0 Å². The Morgan fingerprint density at radius 3 is 3.17 bits per heavy atom. The van der Waals surface area contributed by atoms with Crippen molar-refractivity contribution < 1.29 is 14.3 Å². The van der Waals surface area contributed by atoms with Crippen LogP contribution < -0.4 is 5.32 Å². The summed E-state index contributed by atoms with van der Waals surface area (Å²) in [6.07, 6.45) is 0.288. The molecule has 18 heavy (non-hydrogen) atoms. The molecule has 0 bridgehead atoms. The van der Waals surface area contributed by atoms with Gasteiger partial charge >= 0.3 is 0 Å². The first-order chi connectivity index (χ1) is 8.69. The normalized spacial score (nSPS) is 23.2. The van der Waals surface area contributed by atoms with Gasteiger partial charge in [0.2, 0.25) is 5.91 Å². The Morgan fingerprint density at radius 1 is 1.67 bits per heavy atom. The van der Waals surface area contributed by atoms with Crippen molar-refractivity contribution in [2.24, 2.45) is 0 Å². The highest BCUT2D eigenvalue weighted by Gasteiger charge is 2.29. The number of hydrogen-bond donors (Lipinski definition) is 1. The third-order valence-corrected chi connectivity index (χ3v) is 3.59. The molecule has 5 nitrogen and oxygen atoms in total. The Hall–Kier alpha value is -0.980. The molecule has 2 heterocycles. The number of amides is 1. The van der Waals surface area contributed by atoms with Crippen LogP contribution >= 0.6 is 11.3 Å². The van der Waals surface area contributed by atoms with Crippen molar-refractivity contribution in [3.63, 3.8) is 0 Å². The molecule has 0 saturated carbocycles. The minimum Gasteiger partial charge on any atom is -0.376 e. The number of aromatic nitrogens is 1. The summed E-state index contributed by atoms with van der Waals surface area (Å²) >= 11 is 1.56. The van der Waals surface area contributed by atoms with E-state index < -0.39 is 0 Å². The largest absolute Gasteiger partial charge is 0.376 e. The highest BCUT2D eigenvalue weighted by molar-refractivity contribution is 7.09. The quantitative estimate of drug-likeness (QED) is 0.864. The second kappa shape index (κ2) is 6.26. The fourth-order valence-corrected chi connectivity index (χ4v) is 2.57. The van der Waals surface area contributed by atoms with Crippen LogP contribution in [0.2, 0.25) is 0 Å². The van der Waals surface area contributed by atoms with Gasteiger partial charge in [0.1, 0.15) is 6.10 Å². The van der Waals surface area contributed by atoms with Gasteiger partial charge in [-0.05, 0) is 13.8 Å². The lowest BCUT2D eigenvalue weighted by Crippen LogP contribution is -2.44. The molecule has 100 valence electrons. The summed E-state index contributed by atoms with van der Waals surface area (Å²) < 4.78 is 10.8. The minimum absolute atomic E-state index is 0.0273. The maximum atomic E-state index is 11.9. The summed E-state index contributed by atoms with van der Waals surface area (Å²) in [5.74, 6) is -0.0273. The molecule has 1 saturated heterocycles. The van der Waals surface area contributed by atoms with Gasteiger partial charge in [0.05, 0.1) is 36.4 Å². The van der Waals surface area contributed by atoms with Gasteiger partial charge in [0.15, 0.2) is 0 Å². The van der Waals surface area contributed by atoms with Gasteiger partial charge in [-0.3, -0.25) is 4.79 Å². The minimum atomic E-state index is -0.0443. The number of carbonyl (C=O) groups is 1. The number of hydrogen-bond acceptors (Lipinski definition) is 5. The average molecular weight is 270 g/mol. The van der Waals surface area contributed by atoms with Crippen molar-refractivity contribution in [2.75, 3.05) is 19.8 Å². The molecule has 1 fully saturated rings. The Labute approximate surface area is 111 Å². The van der Waals surface area contributed by atoms with Gasteiger partial charge in [-0.1, -0.05) is 0 Å². The third-order valence-electron chi connectivity index (χ3n) is 2.76. The first-order valence-corrected chi connectivity index (χ1v) is 6.96. The maximum absolute atomic E-state index is 11.9. The van der Waals surface area contributed by atoms with Gasteiger partial charge < -0.3 is 14.8 Å². The lowest BCUT2D eigenvalue weighted by molar-refractivity contribution is -0.122. The summed E-state index contributed by atoms with van der Waals surface area (Å²) in [5, 5.41) is 5.84. The highest BCUT2D eigenvalue weighted by Crippen LogP contribution is 2.11. The topological polar surface area (TPSA) is 60.5 Å². The molecular weight excluding hydrogens is 252 g/mol. The van der Waals surface area contributed by atoms with Crippen LogP contribution in [0.1, 0.15) is 17.6 Å². The van der Waals surface area contributed by atoms with Crippen LogP contribution in [0.15, 0.2) is 5.38 Å². The summed E-state index contributed by atoms with van der Waals surface area (Å²) in [6.45, 7) is 5.57. The fraction of sp³-hybridized carbons (Fsp3) is 0.667. The smallest absolute Gasteiger partial charge is 0.226 e. The number of aryl methyl sites for hydroxylation is 1. The standard InChI is InChI=1S/C12H18N2O3S/c1-3-17-11-6-16-5-10(11)14-12(15)4-9-7-18-8(2)13-9/h7,10-11H,3-6H2,1-2H3,(H,14,15)/t10-,11-/m0/s1. The van der Waals surface area contributed by atoms with E-state index in [4.69, 9.17) is 9.47 Å². The zero-order chi connectivity index (χ0) is 13.0. The second-order valence-corrected chi connectivity index (χ2v) is 5.30. The van der Waals surface area contributed by atoms with E-state index in [0.29, 0.717) is 26.2 Å². The molecule has 0 unspecified atom stereocenters. The first kappa shape index (κ1) is 13.5. The predicted molar refractivity (Wildman–Crippen MR) is 68.7 cm³/mol. The van der Waals surface area contributed by atoms with E-state index in [-0.39, 0.29) is 18.1 Å². The summed E-state index contributed by atoms with van der Waals surface area (Å²) in [6, 6.07) is -0.0443. The predicted octanol–water partition coefficient (Wildman–Crippen LogP) is 0.914. The lowest BCUT2D eigenvalue weighted by Gasteiger charge is -2.18. The first-order valence-electron chi connectivity index (χ1n) is 6.08. The van der Waals surface area contributed by atoms with Crippen molar-refractivity contribution in [1.82, 2.24) is 10.3 Å². The SMILES string of the molecule is CCO[C@H]1COC[C@@H]1NC(=O)Cc1csc(C)n1. The van der Waals surface area contributed by atoms with E-state index in [0.717, 1.165) is 10.7 Å². The van der Waals surface area contributed by atoms with Crippen LogP contribution in [-0.4, -0.2) is 42.9 Å². The molecule has 0 radical (unpaired) electrons. The number of ether oxygens (including phenoxy) is 2. The van der Waals surface area contributed by atoms with Gasteiger partial charge in [0, 0.05) is 12.0 Å². The summed E-state index contributed by atoms with van der Waals surface area (Å²) in [7, 11) is 0. The molecule has 1 amide bonds. The molecule has 1 aliphatic rings. The van der Waals surface area contributed by atoms with Crippen LogP contribution in [-0.2, 0) is 20.7 Å². The second-order valence-electron chi connectivity index (χ2n) is 4.24. The van der Waals surface area contributed by atoms with Crippen LogP contribution in [0, 0.1) is 6.92 Å². The Bertz CT molecular complexity index is 408. The van der Waals surface area contributed by atoms with Crippen molar-refractivity contribution >= 4 is 17.2 Å². The molecular formula is C12H18N2O3S. The average Bonchev–Trinajstić information content (AvgIpc) is 2.90. The molecule has 0 aromatic carbocycles. The van der Waals surface area contributed by atoms with E-state index in [1.54, 1.807) is 11.3 Å². The van der Waals surface area contributed by atoms with Crippen LogP contribution in [0.3, 0.4) is 0 Å². The summed E-state index contributed by atoms with van der Waals surface area (Å²) in [5.41, 5.74) is 0.821. The number of nitrogens with zero attached hydrogens (tertiary/aromatic N) is 1. The van der Waals surface area contributed by atoms with Gasteiger partial charge in [-0.15, -0.1) is 11.3 Å². The van der Waals surface area contributed by atoms with Crippen molar-refractivity contribution in [1.29, 1.82) is 0 Å². The van der Waals surface area contributed by atoms with Crippen molar-refractivity contribution in [3.05, 3.63) is 16.1 Å². The molecule has 0 spiro atoms. The molecule has 2 rings (SSSR count). The van der Waals surface area contributed by atoms with Gasteiger partial charge in [-0.25, -0.2) is 4.98 Å². The third kappa shape index (κ3) is 3.51. The van der Waals surface area contributed by atoms with E-state index >= 15 is 0 Å². The van der Waals surface area contributed by atoms with E-state index in [9.17, 15) is 4.79 Å². The lowest BCUT2D eigenvalue weighted by atomic mass is 10.2. The van der Waals surface area contributed by atoms with Crippen LogP contribution in [0.5, 0.6) is 0 Å². The van der Waals surface area contributed by atoms with E-state index in [1.165, 1.54) is 0 Å². The van der Waals surface area contributed by atoms with E-state index in [2.05, 4.69) is 10.3 Å². The Kier molecular flexibility index (Phi) is 4.68. The Morgan fingerprint density at radius 2 is 2.50 bits per heavy atom. The van der Waals surface area contributed by atoms with E-state index in [1.807, 2.05) is 19.2 Å². The highest BCUT2D eigenvalue weighted by atomic mass is 32.1. The zero-order valence-corrected chi connectivity index (χ0v) is 11.5. The summed E-state index contributed by atoms with van der Waals surface area (Å²) in [4.78, 5) is 16.1. The van der Waals surface area contributed by atoms with Crippen LogP contribution in [0.25, 0.3) is 0 Å². The molecule has 1 aliphatic heterocycles. The van der Waals surface area contributed by atoms with Crippen LogP contribution in [0.4, 0.5) is 0 Å². The molecule has 2 atom stereocenters. The van der Waals surface area contributed by atoms with Crippen molar-refractivity contribution in [2.45, 2.75) is 32.4 Å². The zero-order valence-electron chi connectivity index (χ0n) is 10.6. The molecule has 0 aliphatic carbocycles. The molecule has 1 aromatic heterocycles. The fourth-order valence-electron chi connectivity index (χ4n) is 1.96. The number of thiazole rings is 1.